The fourth-order valence-electron chi connectivity index (χ4n) is 2.92. The van der Waals surface area contributed by atoms with Crippen molar-refractivity contribution in [2.24, 2.45) is 0 Å². The number of hydrogen-bond donors (Lipinski definition) is 0. The van der Waals surface area contributed by atoms with E-state index in [1.165, 1.54) is 12.8 Å². The van der Waals surface area contributed by atoms with Crippen molar-refractivity contribution < 1.29 is 4.79 Å². The second-order valence-electron chi connectivity index (χ2n) is 5.87. The summed E-state index contributed by atoms with van der Waals surface area (Å²) in [5, 5.41) is 4.23. The van der Waals surface area contributed by atoms with Crippen molar-refractivity contribution in [3.8, 4) is 0 Å². The van der Waals surface area contributed by atoms with E-state index >= 15 is 0 Å². The van der Waals surface area contributed by atoms with E-state index in [-0.39, 0.29) is 5.91 Å². The van der Waals surface area contributed by atoms with Crippen molar-refractivity contribution in [2.75, 3.05) is 29.9 Å². The molecule has 1 saturated heterocycles. The zero-order chi connectivity index (χ0) is 16.2. The van der Waals surface area contributed by atoms with Crippen LogP contribution in [0.3, 0.4) is 0 Å². The number of nitrogens with zero attached hydrogens (tertiary/aromatic N) is 5. The number of carbonyl (C=O) groups is 1. The second kappa shape index (κ2) is 6.81. The smallest absolute Gasteiger partial charge is 0.231 e. The Labute approximate surface area is 136 Å². The monoisotopic (exact) mass is 313 g/mol. The third kappa shape index (κ3) is 3.36. The minimum absolute atomic E-state index is 0.0501. The van der Waals surface area contributed by atoms with Gasteiger partial charge in [-0.3, -0.25) is 9.48 Å². The van der Waals surface area contributed by atoms with E-state index in [1.807, 2.05) is 37.0 Å². The Morgan fingerprint density at radius 2 is 2.13 bits per heavy atom. The summed E-state index contributed by atoms with van der Waals surface area (Å²) in [6.07, 6.45) is 8.20. The molecular formula is C17H23N5O. The van der Waals surface area contributed by atoms with Crippen LogP contribution in [0.4, 0.5) is 11.5 Å². The highest BCUT2D eigenvalue weighted by molar-refractivity contribution is 5.96. The molecule has 0 bridgehead atoms. The first kappa shape index (κ1) is 15.5. The molecule has 6 heteroatoms. The van der Waals surface area contributed by atoms with Gasteiger partial charge in [0.05, 0.1) is 18.3 Å². The zero-order valence-electron chi connectivity index (χ0n) is 13.8. The van der Waals surface area contributed by atoms with Crippen LogP contribution in [0.25, 0.3) is 0 Å². The molecular weight excluding hydrogens is 290 g/mol. The first-order valence-electron chi connectivity index (χ1n) is 8.17. The Balaban J connectivity index is 1.76. The van der Waals surface area contributed by atoms with Crippen LogP contribution in [-0.4, -0.2) is 40.8 Å². The minimum atomic E-state index is 0.0501. The predicted octanol–water partition coefficient (Wildman–Crippen LogP) is 2.10. The lowest BCUT2D eigenvalue weighted by Crippen LogP contribution is -2.30. The van der Waals surface area contributed by atoms with Crippen LogP contribution in [0.1, 0.15) is 25.3 Å². The number of anilines is 2. The Morgan fingerprint density at radius 1 is 1.35 bits per heavy atom. The maximum Gasteiger partial charge on any atom is 0.231 e. The largest absolute Gasteiger partial charge is 0.355 e. The topological polar surface area (TPSA) is 54.3 Å². The first-order valence-corrected chi connectivity index (χ1v) is 8.17. The summed E-state index contributed by atoms with van der Waals surface area (Å²) in [6.45, 7) is 4.86. The Morgan fingerprint density at radius 3 is 2.83 bits per heavy atom. The number of aryl methyl sites for hydroxylation is 1. The van der Waals surface area contributed by atoms with Crippen LogP contribution >= 0.6 is 0 Å². The first-order chi connectivity index (χ1) is 11.2. The molecule has 3 heterocycles. The van der Waals surface area contributed by atoms with Crippen LogP contribution in [-0.2, 0) is 17.8 Å². The van der Waals surface area contributed by atoms with Gasteiger partial charge in [0.2, 0.25) is 5.91 Å². The van der Waals surface area contributed by atoms with E-state index in [1.54, 1.807) is 17.3 Å². The summed E-state index contributed by atoms with van der Waals surface area (Å²) in [5.41, 5.74) is 1.82. The van der Waals surface area contributed by atoms with Gasteiger partial charge < -0.3 is 9.80 Å². The number of likely N-dealkylation sites (N-methyl/N-ethyl adjacent to an activating group) is 1. The molecule has 0 N–H and O–H groups in total. The highest BCUT2D eigenvalue weighted by atomic mass is 16.2. The van der Waals surface area contributed by atoms with E-state index in [4.69, 9.17) is 0 Å². The minimum Gasteiger partial charge on any atom is -0.355 e. The van der Waals surface area contributed by atoms with Gasteiger partial charge in [-0.2, -0.15) is 5.10 Å². The van der Waals surface area contributed by atoms with Crippen LogP contribution in [0.5, 0.6) is 0 Å². The van der Waals surface area contributed by atoms with E-state index in [0.717, 1.165) is 36.7 Å². The Bertz CT molecular complexity index is 675. The fraction of sp³-hybridized carbons (Fsp3) is 0.471. The highest BCUT2D eigenvalue weighted by Crippen LogP contribution is 2.29. The fourth-order valence-corrected chi connectivity index (χ4v) is 2.92. The molecule has 0 radical (unpaired) electrons. The van der Waals surface area contributed by atoms with Gasteiger partial charge >= 0.3 is 0 Å². The summed E-state index contributed by atoms with van der Waals surface area (Å²) in [4.78, 5) is 21.1. The van der Waals surface area contributed by atoms with E-state index in [0.29, 0.717) is 6.42 Å². The van der Waals surface area contributed by atoms with Crippen molar-refractivity contribution in [3.05, 3.63) is 36.3 Å². The van der Waals surface area contributed by atoms with Crippen molar-refractivity contribution in [2.45, 2.75) is 32.7 Å². The van der Waals surface area contributed by atoms with Crippen molar-refractivity contribution in [3.63, 3.8) is 0 Å². The molecule has 3 rings (SSSR count). The number of rotatable bonds is 5. The molecule has 0 saturated carbocycles. The van der Waals surface area contributed by atoms with Gasteiger partial charge in [-0.25, -0.2) is 4.98 Å². The molecule has 0 aromatic carbocycles. The number of hydrogen-bond acceptors (Lipinski definition) is 4. The van der Waals surface area contributed by atoms with Gasteiger partial charge in [0.1, 0.15) is 0 Å². The molecule has 122 valence electrons. The molecule has 1 fully saturated rings. The Hall–Kier alpha value is -2.37. The van der Waals surface area contributed by atoms with Crippen molar-refractivity contribution in [1.29, 1.82) is 0 Å². The lowest BCUT2D eigenvalue weighted by atomic mass is 10.2. The molecule has 1 aliphatic heterocycles. The summed E-state index contributed by atoms with van der Waals surface area (Å²) in [6, 6.07) is 3.85. The van der Waals surface area contributed by atoms with E-state index in [9.17, 15) is 4.79 Å². The average molecular weight is 313 g/mol. The van der Waals surface area contributed by atoms with Crippen LogP contribution < -0.4 is 9.80 Å². The van der Waals surface area contributed by atoms with Gasteiger partial charge in [0.15, 0.2) is 5.82 Å². The lowest BCUT2D eigenvalue weighted by Gasteiger charge is -2.25. The summed E-state index contributed by atoms with van der Waals surface area (Å²) in [7, 11) is 1.82. The molecule has 6 nitrogen and oxygen atoms in total. The van der Waals surface area contributed by atoms with E-state index < -0.39 is 0 Å². The second-order valence-corrected chi connectivity index (χ2v) is 5.87. The van der Waals surface area contributed by atoms with Gasteiger partial charge in [-0.05, 0) is 37.5 Å². The van der Waals surface area contributed by atoms with Crippen LogP contribution in [0.15, 0.2) is 30.7 Å². The van der Waals surface area contributed by atoms with Gasteiger partial charge in [0.25, 0.3) is 0 Å². The number of amides is 1. The normalized spacial score (nSPS) is 14.3. The van der Waals surface area contributed by atoms with Crippen LogP contribution in [0, 0.1) is 0 Å². The number of carbonyl (C=O) groups excluding carboxylic acids is 1. The zero-order valence-corrected chi connectivity index (χ0v) is 13.8. The van der Waals surface area contributed by atoms with Gasteiger partial charge in [-0.1, -0.05) is 0 Å². The highest BCUT2D eigenvalue weighted by Gasteiger charge is 2.21. The maximum absolute atomic E-state index is 12.6. The average Bonchev–Trinajstić information content (AvgIpc) is 3.25. The van der Waals surface area contributed by atoms with Gasteiger partial charge in [-0.15, -0.1) is 0 Å². The maximum atomic E-state index is 12.6. The molecule has 23 heavy (non-hydrogen) atoms. The molecule has 0 atom stereocenters. The van der Waals surface area contributed by atoms with Crippen molar-refractivity contribution in [1.82, 2.24) is 14.8 Å². The molecule has 0 unspecified atom stereocenters. The third-order valence-electron chi connectivity index (χ3n) is 4.27. The number of aromatic nitrogens is 3. The number of pyridine rings is 1. The summed E-state index contributed by atoms with van der Waals surface area (Å²) >= 11 is 0. The lowest BCUT2D eigenvalue weighted by molar-refractivity contribution is -0.117. The third-order valence-corrected chi connectivity index (χ3v) is 4.27. The standard InChI is InChI=1S/C17H23N5O/c1-3-22-13-14(12-19-22)11-16(23)20(2)15-7-6-8-18-17(15)21-9-4-5-10-21/h6-8,12-13H,3-5,9-11H2,1-2H3. The molecule has 2 aromatic heterocycles. The van der Waals surface area contributed by atoms with E-state index in [2.05, 4.69) is 15.0 Å². The molecule has 1 amide bonds. The molecule has 0 spiro atoms. The predicted molar refractivity (Wildman–Crippen MR) is 90.7 cm³/mol. The quantitative estimate of drug-likeness (QED) is 0.848. The SMILES string of the molecule is CCn1cc(CC(=O)N(C)c2cccnc2N2CCCC2)cn1. The molecule has 1 aliphatic rings. The Kier molecular flexibility index (Phi) is 4.60. The van der Waals surface area contributed by atoms with Crippen molar-refractivity contribution >= 4 is 17.4 Å². The van der Waals surface area contributed by atoms with Gasteiger partial charge in [0, 0.05) is 39.1 Å². The molecule has 0 aliphatic carbocycles. The van der Waals surface area contributed by atoms with Crippen LogP contribution in [0.2, 0.25) is 0 Å². The summed E-state index contributed by atoms with van der Waals surface area (Å²) < 4.78 is 1.84. The summed E-state index contributed by atoms with van der Waals surface area (Å²) in [5.74, 6) is 0.958. The molecule has 2 aromatic rings.